The number of Topliss-reactive ketones (excluding diaryl/α,β-unsaturated/α-hetero) is 1. The zero-order valence-corrected chi connectivity index (χ0v) is 19.1. The van der Waals surface area contributed by atoms with E-state index < -0.39 is 6.10 Å². The van der Waals surface area contributed by atoms with Crippen LogP contribution < -0.4 is 14.2 Å². The predicted molar refractivity (Wildman–Crippen MR) is 119 cm³/mol. The van der Waals surface area contributed by atoms with Crippen molar-refractivity contribution in [3.63, 3.8) is 0 Å². The number of carbonyl (C=O) groups is 1. The van der Waals surface area contributed by atoms with E-state index in [-0.39, 0.29) is 19.0 Å². The zero-order chi connectivity index (χ0) is 22.6. The summed E-state index contributed by atoms with van der Waals surface area (Å²) in [5.74, 6) is 1.75. The number of methoxy groups -OCH3 is 1. The van der Waals surface area contributed by atoms with Crippen LogP contribution in [0.2, 0.25) is 0 Å². The van der Waals surface area contributed by atoms with Gasteiger partial charge in [0.1, 0.15) is 5.75 Å². The first-order chi connectivity index (χ1) is 15.0. The van der Waals surface area contributed by atoms with Crippen LogP contribution in [0, 0.1) is 0 Å². The molecule has 1 saturated heterocycles. The highest BCUT2D eigenvalue weighted by Crippen LogP contribution is 2.36. The largest absolute Gasteiger partial charge is 0.493 e. The number of nitrogens with zero attached hydrogens (tertiary/aromatic N) is 2. The highest BCUT2D eigenvalue weighted by Gasteiger charge is 2.18. The molecule has 31 heavy (non-hydrogen) atoms. The number of ketones is 1. The van der Waals surface area contributed by atoms with E-state index in [0.717, 1.165) is 51.3 Å². The van der Waals surface area contributed by atoms with Crippen LogP contribution in [-0.2, 0) is 11.2 Å². The van der Waals surface area contributed by atoms with Crippen molar-refractivity contribution in [2.45, 2.75) is 39.2 Å². The van der Waals surface area contributed by atoms with Crippen molar-refractivity contribution in [1.82, 2.24) is 9.80 Å². The van der Waals surface area contributed by atoms with E-state index in [9.17, 15) is 9.90 Å². The van der Waals surface area contributed by atoms with Crippen LogP contribution in [-0.4, -0.2) is 98.1 Å². The fourth-order valence-corrected chi connectivity index (χ4v) is 3.55. The Morgan fingerprint density at radius 2 is 1.68 bits per heavy atom. The van der Waals surface area contributed by atoms with Crippen LogP contribution in [0.1, 0.15) is 32.3 Å². The van der Waals surface area contributed by atoms with Gasteiger partial charge in [0, 0.05) is 51.9 Å². The van der Waals surface area contributed by atoms with Crippen molar-refractivity contribution in [1.29, 1.82) is 0 Å². The van der Waals surface area contributed by atoms with E-state index in [2.05, 4.69) is 9.80 Å². The summed E-state index contributed by atoms with van der Waals surface area (Å²) in [6.07, 6.45) is 1.54. The summed E-state index contributed by atoms with van der Waals surface area (Å²) in [7, 11) is 1.60. The molecule has 2 N–H and O–H groups in total. The first kappa shape index (κ1) is 25.4. The highest BCUT2D eigenvalue weighted by atomic mass is 16.5. The van der Waals surface area contributed by atoms with E-state index in [1.165, 1.54) is 6.92 Å². The zero-order valence-electron chi connectivity index (χ0n) is 19.1. The Bertz CT molecular complexity index is 676. The second-order valence-electron chi connectivity index (χ2n) is 7.92. The third-order valence-corrected chi connectivity index (χ3v) is 5.58. The highest BCUT2D eigenvalue weighted by molar-refractivity contribution is 5.80. The Balaban J connectivity index is 1.95. The maximum atomic E-state index is 11.7. The van der Waals surface area contributed by atoms with Crippen LogP contribution >= 0.6 is 0 Å². The van der Waals surface area contributed by atoms with Crippen LogP contribution in [0.5, 0.6) is 17.2 Å². The van der Waals surface area contributed by atoms with E-state index in [1.54, 1.807) is 20.1 Å². The van der Waals surface area contributed by atoms with Gasteiger partial charge >= 0.3 is 0 Å². The van der Waals surface area contributed by atoms with E-state index in [1.807, 2.05) is 6.07 Å². The van der Waals surface area contributed by atoms with Crippen LogP contribution in [0.25, 0.3) is 0 Å². The number of ether oxygens (including phenoxy) is 3. The summed E-state index contributed by atoms with van der Waals surface area (Å²) < 4.78 is 17.4. The summed E-state index contributed by atoms with van der Waals surface area (Å²) >= 11 is 0. The van der Waals surface area contributed by atoms with E-state index in [4.69, 9.17) is 19.3 Å². The number of aryl methyl sites for hydroxylation is 1. The number of hydrogen-bond donors (Lipinski definition) is 2. The molecular formula is C23H38N2O6. The van der Waals surface area contributed by atoms with Gasteiger partial charge in [0.2, 0.25) is 0 Å². The van der Waals surface area contributed by atoms with Gasteiger partial charge in [-0.15, -0.1) is 0 Å². The van der Waals surface area contributed by atoms with Gasteiger partial charge in [-0.05, 0) is 44.7 Å². The Hall–Kier alpha value is -1.87. The molecule has 0 bridgehead atoms. The van der Waals surface area contributed by atoms with Crippen molar-refractivity contribution >= 4 is 5.78 Å². The third-order valence-electron chi connectivity index (χ3n) is 5.58. The molecule has 2 rings (SSSR count). The van der Waals surface area contributed by atoms with Crippen molar-refractivity contribution in [3.05, 3.63) is 17.7 Å². The summed E-state index contributed by atoms with van der Waals surface area (Å²) in [6.45, 7) is 9.75. The molecule has 1 aliphatic heterocycles. The first-order valence-corrected chi connectivity index (χ1v) is 11.2. The van der Waals surface area contributed by atoms with E-state index in [0.29, 0.717) is 36.7 Å². The van der Waals surface area contributed by atoms with Crippen LogP contribution in [0.3, 0.4) is 0 Å². The summed E-state index contributed by atoms with van der Waals surface area (Å²) in [4.78, 5) is 16.3. The molecule has 8 heteroatoms. The van der Waals surface area contributed by atoms with Gasteiger partial charge in [-0.1, -0.05) is 0 Å². The van der Waals surface area contributed by atoms with Crippen LogP contribution in [0.15, 0.2) is 12.1 Å². The molecule has 1 atom stereocenters. The molecule has 0 aliphatic carbocycles. The minimum Gasteiger partial charge on any atom is -0.493 e. The molecule has 0 saturated carbocycles. The molecule has 1 aromatic rings. The Morgan fingerprint density at radius 1 is 1.00 bits per heavy atom. The quantitative estimate of drug-likeness (QED) is 0.421. The lowest BCUT2D eigenvalue weighted by atomic mass is 10.1. The molecular weight excluding hydrogens is 400 g/mol. The average molecular weight is 439 g/mol. The molecule has 1 aliphatic rings. The standard InChI is InChI=1S/C23H38N2O6/c1-18(28)19(2)31-21-17-23(22(29-3)16-20(21)6-4-13-26)30-15-5-7-24-8-10-25(11-9-24)12-14-27/h16-17,19,26-27H,4-15H2,1-3H3. The fourth-order valence-electron chi connectivity index (χ4n) is 3.55. The lowest BCUT2D eigenvalue weighted by Gasteiger charge is -2.34. The number of hydrogen-bond acceptors (Lipinski definition) is 8. The monoisotopic (exact) mass is 438 g/mol. The minimum absolute atomic E-state index is 0.0505. The molecule has 1 heterocycles. The maximum Gasteiger partial charge on any atom is 0.169 e. The van der Waals surface area contributed by atoms with Crippen LogP contribution in [0.4, 0.5) is 0 Å². The van der Waals surface area contributed by atoms with Gasteiger partial charge in [0.15, 0.2) is 23.4 Å². The van der Waals surface area contributed by atoms with Crippen molar-refractivity contribution in [2.24, 2.45) is 0 Å². The number of carbonyl (C=O) groups excluding carboxylic acids is 1. The number of aliphatic hydroxyl groups excluding tert-OH is 2. The molecule has 0 aromatic heterocycles. The minimum atomic E-state index is -0.557. The van der Waals surface area contributed by atoms with Gasteiger partial charge in [0.05, 0.1) is 20.3 Å². The molecule has 0 amide bonds. The topological polar surface area (TPSA) is 91.7 Å². The number of rotatable bonds is 14. The lowest BCUT2D eigenvalue weighted by Crippen LogP contribution is -2.47. The molecule has 0 spiro atoms. The smallest absolute Gasteiger partial charge is 0.169 e. The van der Waals surface area contributed by atoms with Crippen molar-refractivity contribution < 1.29 is 29.2 Å². The molecule has 1 fully saturated rings. The van der Waals surface area contributed by atoms with Gasteiger partial charge in [-0.2, -0.15) is 0 Å². The number of aliphatic hydroxyl groups is 2. The first-order valence-electron chi connectivity index (χ1n) is 11.2. The summed E-state index contributed by atoms with van der Waals surface area (Å²) in [5.41, 5.74) is 0.882. The Labute approximate surface area is 185 Å². The SMILES string of the molecule is COc1cc(CCCO)c(OC(C)C(C)=O)cc1OCCCN1CCN(CCO)CC1. The average Bonchev–Trinajstić information content (AvgIpc) is 2.77. The Kier molecular flexibility index (Phi) is 11.1. The van der Waals surface area contributed by atoms with E-state index >= 15 is 0 Å². The molecule has 1 aromatic carbocycles. The normalized spacial score (nSPS) is 16.2. The fraction of sp³-hybridized carbons (Fsp3) is 0.696. The second-order valence-corrected chi connectivity index (χ2v) is 7.92. The van der Waals surface area contributed by atoms with Crippen molar-refractivity contribution in [2.75, 3.05) is 66.2 Å². The third kappa shape index (κ3) is 8.29. The predicted octanol–water partition coefficient (Wildman–Crippen LogP) is 1.36. The number of β-amino-alcohol motifs (C(OH)–C–C–N with tert-alkyl or cyclic N) is 1. The van der Waals surface area contributed by atoms with Gasteiger partial charge < -0.3 is 29.3 Å². The lowest BCUT2D eigenvalue weighted by molar-refractivity contribution is -0.122. The van der Waals surface area contributed by atoms with Gasteiger partial charge in [-0.25, -0.2) is 0 Å². The second kappa shape index (κ2) is 13.5. The Morgan fingerprint density at radius 3 is 2.26 bits per heavy atom. The molecule has 0 radical (unpaired) electrons. The molecule has 8 nitrogen and oxygen atoms in total. The summed E-state index contributed by atoms with van der Waals surface area (Å²) in [5, 5.41) is 18.2. The number of benzene rings is 1. The maximum absolute atomic E-state index is 11.7. The summed E-state index contributed by atoms with van der Waals surface area (Å²) in [6, 6.07) is 3.66. The van der Waals surface area contributed by atoms with Crippen molar-refractivity contribution in [3.8, 4) is 17.2 Å². The van der Waals surface area contributed by atoms with Gasteiger partial charge in [0.25, 0.3) is 0 Å². The van der Waals surface area contributed by atoms with Gasteiger partial charge in [-0.3, -0.25) is 9.69 Å². The number of piperazine rings is 1. The molecule has 176 valence electrons. The molecule has 1 unspecified atom stereocenters.